The Hall–Kier alpha value is -1.10. The van der Waals surface area contributed by atoms with Crippen molar-refractivity contribution >= 4 is 5.69 Å². The van der Waals surface area contributed by atoms with Gasteiger partial charge in [0.05, 0.1) is 19.0 Å². The number of rotatable bonds is 1. The zero-order valence-electron chi connectivity index (χ0n) is 6.64. The van der Waals surface area contributed by atoms with E-state index in [1.807, 2.05) is 30.3 Å². The van der Waals surface area contributed by atoms with Crippen molar-refractivity contribution in [2.24, 2.45) is 0 Å². The first-order valence-electron chi connectivity index (χ1n) is 3.87. The van der Waals surface area contributed by atoms with Crippen LogP contribution < -0.4 is 10.3 Å². The second-order valence-electron chi connectivity index (χ2n) is 2.67. The summed E-state index contributed by atoms with van der Waals surface area (Å²) in [5.74, 6) is 0. The molecule has 1 aliphatic heterocycles. The molecule has 0 bridgehead atoms. The molecule has 0 atom stereocenters. The Morgan fingerprint density at radius 3 is 2.50 bits per heavy atom. The Balaban J connectivity index is 2.19. The van der Waals surface area contributed by atoms with Gasteiger partial charge in [0, 0.05) is 0 Å². The minimum atomic E-state index is 0.481. The molecule has 2 rings (SSSR count). The molecule has 1 aromatic carbocycles. The number of para-hydroxylation sites is 1. The Morgan fingerprint density at radius 2 is 1.92 bits per heavy atom. The summed E-state index contributed by atoms with van der Waals surface area (Å²) in [5, 5.41) is 15.3. The maximum atomic E-state index is 9.34. The lowest BCUT2D eigenvalue weighted by Crippen LogP contribution is -2.33. The lowest BCUT2D eigenvalue weighted by Gasteiger charge is -2.22. The van der Waals surface area contributed by atoms with Gasteiger partial charge in [-0.3, -0.25) is 15.5 Å². The fraction of sp³-hybridized carbons (Fsp3) is 0.250. The SMILES string of the molecule is ON1CNCN1c1ccccc1. The van der Waals surface area contributed by atoms with Gasteiger partial charge in [0.2, 0.25) is 0 Å². The fourth-order valence-electron chi connectivity index (χ4n) is 1.25. The summed E-state index contributed by atoms with van der Waals surface area (Å²) in [5.41, 5.74) is 0.991. The van der Waals surface area contributed by atoms with E-state index in [-0.39, 0.29) is 0 Å². The zero-order chi connectivity index (χ0) is 8.39. The summed E-state index contributed by atoms with van der Waals surface area (Å²) >= 11 is 0. The number of hydrogen-bond donors (Lipinski definition) is 2. The lowest BCUT2D eigenvalue weighted by atomic mass is 10.3. The van der Waals surface area contributed by atoms with Crippen LogP contribution in [-0.2, 0) is 0 Å². The van der Waals surface area contributed by atoms with E-state index in [4.69, 9.17) is 0 Å². The van der Waals surface area contributed by atoms with Gasteiger partial charge in [-0.2, -0.15) is 0 Å². The molecule has 1 fully saturated rings. The normalized spacial score (nSPS) is 18.6. The van der Waals surface area contributed by atoms with E-state index in [1.54, 1.807) is 5.01 Å². The van der Waals surface area contributed by atoms with Gasteiger partial charge in [-0.15, -0.1) is 0 Å². The predicted octanol–water partition coefficient (Wildman–Crippen LogP) is 0.617. The van der Waals surface area contributed by atoms with Gasteiger partial charge in [-0.25, -0.2) is 0 Å². The van der Waals surface area contributed by atoms with Crippen LogP contribution in [0.2, 0.25) is 0 Å². The summed E-state index contributed by atoms with van der Waals surface area (Å²) in [6.45, 7) is 1.13. The second-order valence-corrected chi connectivity index (χ2v) is 2.67. The highest BCUT2D eigenvalue weighted by Crippen LogP contribution is 2.15. The molecule has 0 spiro atoms. The largest absolute Gasteiger partial charge is 0.293 e. The molecule has 0 unspecified atom stereocenters. The van der Waals surface area contributed by atoms with Crippen molar-refractivity contribution in [1.29, 1.82) is 0 Å². The minimum Gasteiger partial charge on any atom is -0.293 e. The van der Waals surface area contributed by atoms with Crippen molar-refractivity contribution < 1.29 is 5.21 Å². The second kappa shape index (κ2) is 3.10. The molecule has 12 heavy (non-hydrogen) atoms. The van der Waals surface area contributed by atoms with E-state index in [2.05, 4.69) is 5.32 Å². The van der Waals surface area contributed by atoms with Crippen LogP contribution in [0.1, 0.15) is 0 Å². The molecule has 4 heteroatoms. The molecule has 1 saturated heterocycles. The van der Waals surface area contributed by atoms with Gasteiger partial charge in [-0.1, -0.05) is 23.4 Å². The van der Waals surface area contributed by atoms with Crippen LogP contribution in [0.3, 0.4) is 0 Å². The predicted molar refractivity (Wildman–Crippen MR) is 45.4 cm³/mol. The average Bonchev–Trinajstić information content (AvgIpc) is 2.53. The third-order valence-corrected chi connectivity index (χ3v) is 1.85. The number of hydrogen-bond acceptors (Lipinski definition) is 4. The van der Waals surface area contributed by atoms with Crippen LogP contribution in [0, 0.1) is 0 Å². The van der Waals surface area contributed by atoms with E-state index in [0.29, 0.717) is 13.3 Å². The molecule has 0 saturated carbocycles. The van der Waals surface area contributed by atoms with Crippen molar-refractivity contribution in [2.45, 2.75) is 0 Å². The number of benzene rings is 1. The Morgan fingerprint density at radius 1 is 1.17 bits per heavy atom. The number of anilines is 1. The van der Waals surface area contributed by atoms with Gasteiger partial charge in [0.15, 0.2) is 0 Å². The van der Waals surface area contributed by atoms with Gasteiger partial charge in [-0.05, 0) is 12.1 Å². The number of nitrogens with one attached hydrogen (secondary N) is 1. The van der Waals surface area contributed by atoms with Crippen LogP contribution >= 0.6 is 0 Å². The van der Waals surface area contributed by atoms with Crippen molar-refractivity contribution in [3.8, 4) is 0 Å². The van der Waals surface area contributed by atoms with Gasteiger partial charge >= 0.3 is 0 Å². The Bertz CT molecular complexity index is 252. The first-order valence-corrected chi connectivity index (χ1v) is 3.87. The van der Waals surface area contributed by atoms with Crippen molar-refractivity contribution in [3.63, 3.8) is 0 Å². The van der Waals surface area contributed by atoms with E-state index < -0.39 is 0 Å². The first kappa shape index (κ1) is 7.54. The molecule has 1 aromatic rings. The van der Waals surface area contributed by atoms with E-state index in [0.717, 1.165) is 10.9 Å². The Labute approximate surface area is 70.9 Å². The fourth-order valence-corrected chi connectivity index (χ4v) is 1.25. The maximum Gasteiger partial charge on any atom is 0.0960 e. The summed E-state index contributed by atoms with van der Waals surface area (Å²) < 4.78 is 0. The quantitative estimate of drug-likeness (QED) is 0.639. The molecule has 0 radical (unpaired) electrons. The van der Waals surface area contributed by atoms with Crippen LogP contribution in [-0.4, -0.2) is 23.7 Å². The molecular formula is C8H11N3O. The minimum absolute atomic E-state index is 0.481. The van der Waals surface area contributed by atoms with Crippen LogP contribution in [0.25, 0.3) is 0 Å². The zero-order valence-corrected chi connectivity index (χ0v) is 6.64. The molecule has 0 amide bonds. The van der Waals surface area contributed by atoms with E-state index in [9.17, 15) is 5.21 Å². The molecule has 0 aromatic heterocycles. The third-order valence-electron chi connectivity index (χ3n) is 1.85. The topological polar surface area (TPSA) is 38.7 Å². The highest BCUT2D eigenvalue weighted by Gasteiger charge is 2.18. The molecular weight excluding hydrogens is 154 g/mol. The summed E-state index contributed by atoms with van der Waals surface area (Å²) in [6, 6.07) is 9.75. The van der Waals surface area contributed by atoms with E-state index >= 15 is 0 Å². The average molecular weight is 165 g/mol. The number of hydrazine groups is 1. The van der Waals surface area contributed by atoms with Crippen LogP contribution in [0.15, 0.2) is 30.3 Å². The molecule has 4 nitrogen and oxygen atoms in total. The smallest absolute Gasteiger partial charge is 0.0960 e. The molecule has 1 aliphatic rings. The summed E-state index contributed by atoms with van der Waals surface area (Å²) in [4.78, 5) is 0. The van der Waals surface area contributed by atoms with E-state index in [1.165, 1.54) is 0 Å². The van der Waals surface area contributed by atoms with Gasteiger partial charge in [0.1, 0.15) is 0 Å². The first-order chi connectivity index (χ1) is 5.88. The highest BCUT2D eigenvalue weighted by molar-refractivity contribution is 5.44. The van der Waals surface area contributed by atoms with Gasteiger partial charge in [0.25, 0.3) is 0 Å². The molecule has 2 N–H and O–H groups in total. The standard InChI is InChI=1S/C8H11N3O/c12-11-7-9-6-10(11)8-4-2-1-3-5-8/h1-5,9,12H,6-7H2. The Kier molecular flexibility index (Phi) is 1.95. The lowest BCUT2D eigenvalue weighted by molar-refractivity contribution is -0.0815. The highest BCUT2D eigenvalue weighted by atomic mass is 16.6. The van der Waals surface area contributed by atoms with Crippen molar-refractivity contribution in [1.82, 2.24) is 10.5 Å². The van der Waals surface area contributed by atoms with Gasteiger partial charge < -0.3 is 0 Å². The summed E-state index contributed by atoms with van der Waals surface area (Å²) in [6.07, 6.45) is 0. The third kappa shape index (κ3) is 1.27. The summed E-state index contributed by atoms with van der Waals surface area (Å²) in [7, 11) is 0. The monoisotopic (exact) mass is 165 g/mol. The van der Waals surface area contributed by atoms with Crippen LogP contribution in [0.4, 0.5) is 5.69 Å². The van der Waals surface area contributed by atoms with Crippen LogP contribution in [0.5, 0.6) is 0 Å². The number of hydroxylamine groups is 1. The molecule has 64 valence electrons. The maximum absolute atomic E-state index is 9.34. The van der Waals surface area contributed by atoms with Crippen molar-refractivity contribution in [3.05, 3.63) is 30.3 Å². The van der Waals surface area contributed by atoms with Crippen molar-refractivity contribution in [2.75, 3.05) is 18.3 Å². The molecule has 1 heterocycles. The molecule has 0 aliphatic carbocycles. The number of nitrogens with zero attached hydrogens (tertiary/aromatic N) is 2.